The minimum Gasteiger partial charge on any atom is -0.495 e. The number of anilines is 1. The Hall–Kier alpha value is -1.85. The lowest BCUT2D eigenvalue weighted by atomic mass is 10.2. The highest BCUT2D eigenvalue weighted by Gasteiger charge is 2.18. The number of hydrogen-bond acceptors (Lipinski definition) is 4. The van der Waals surface area contributed by atoms with Gasteiger partial charge in [-0.25, -0.2) is 0 Å². The summed E-state index contributed by atoms with van der Waals surface area (Å²) >= 11 is 7.62. The van der Waals surface area contributed by atoms with Crippen molar-refractivity contribution in [3.63, 3.8) is 0 Å². The smallest absolute Gasteiger partial charge is 0.237 e. The van der Waals surface area contributed by atoms with E-state index in [-0.39, 0.29) is 11.2 Å². The molecule has 4 nitrogen and oxygen atoms in total. The lowest BCUT2D eigenvalue weighted by Gasteiger charge is -2.16. The Kier molecular flexibility index (Phi) is 6.40. The van der Waals surface area contributed by atoms with Gasteiger partial charge in [0.05, 0.1) is 30.2 Å². The Morgan fingerprint density at radius 2 is 1.75 bits per heavy atom. The van der Waals surface area contributed by atoms with Gasteiger partial charge in [0.25, 0.3) is 0 Å². The summed E-state index contributed by atoms with van der Waals surface area (Å²) < 4.78 is 10.4. The van der Waals surface area contributed by atoms with E-state index in [0.717, 1.165) is 4.90 Å². The Balaban J connectivity index is 2.10. The van der Waals surface area contributed by atoms with E-state index in [2.05, 4.69) is 5.32 Å². The Morgan fingerprint density at radius 3 is 2.33 bits per heavy atom. The molecule has 0 unspecified atom stereocenters. The summed E-state index contributed by atoms with van der Waals surface area (Å²) in [4.78, 5) is 13.5. The highest BCUT2D eigenvalue weighted by Crippen LogP contribution is 2.36. The van der Waals surface area contributed by atoms with Crippen molar-refractivity contribution >= 4 is 35.0 Å². The van der Waals surface area contributed by atoms with Crippen molar-refractivity contribution in [2.24, 2.45) is 0 Å². The predicted molar refractivity (Wildman–Crippen MR) is 99.7 cm³/mol. The molecule has 2 aromatic carbocycles. The molecule has 1 atom stereocenters. The average Bonchev–Trinajstić information content (AvgIpc) is 2.57. The van der Waals surface area contributed by atoms with Crippen molar-refractivity contribution in [3.8, 4) is 11.5 Å². The van der Waals surface area contributed by atoms with E-state index in [1.54, 1.807) is 12.1 Å². The van der Waals surface area contributed by atoms with Crippen LogP contribution < -0.4 is 14.8 Å². The minimum atomic E-state index is -0.265. The van der Waals surface area contributed by atoms with Crippen LogP contribution in [0.15, 0.2) is 41.3 Å². The van der Waals surface area contributed by atoms with E-state index in [9.17, 15) is 4.79 Å². The molecule has 0 aliphatic rings. The second kappa shape index (κ2) is 8.31. The third-order valence-electron chi connectivity index (χ3n) is 3.43. The monoisotopic (exact) mass is 365 g/mol. The molecule has 2 rings (SSSR count). The van der Waals surface area contributed by atoms with E-state index in [4.69, 9.17) is 21.1 Å². The van der Waals surface area contributed by atoms with Crippen LogP contribution in [0.3, 0.4) is 0 Å². The molecule has 0 aromatic heterocycles. The SMILES string of the molecule is COc1cc(OC)c(NC(=O)[C@@H](C)Sc2ccc(C)cc2)cc1Cl. The van der Waals surface area contributed by atoms with Gasteiger partial charge in [0.1, 0.15) is 11.5 Å². The molecule has 0 radical (unpaired) electrons. The zero-order valence-electron chi connectivity index (χ0n) is 14.1. The number of carbonyl (C=O) groups excluding carboxylic acids is 1. The minimum absolute atomic E-state index is 0.125. The van der Waals surface area contributed by atoms with Gasteiger partial charge in [-0.1, -0.05) is 29.3 Å². The summed E-state index contributed by atoms with van der Waals surface area (Å²) in [6, 6.07) is 11.3. The van der Waals surface area contributed by atoms with Crippen LogP contribution in [-0.4, -0.2) is 25.4 Å². The van der Waals surface area contributed by atoms with Crippen LogP contribution in [0.25, 0.3) is 0 Å². The Labute approximate surface area is 151 Å². The topological polar surface area (TPSA) is 47.6 Å². The van der Waals surface area contributed by atoms with Gasteiger partial charge in [-0.3, -0.25) is 4.79 Å². The zero-order valence-corrected chi connectivity index (χ0v) is 15.6. The van der Waals surface area contributed by atoms with Gasteiger partial charge in [0, 0.05) is 11.0 Å². The zero-order chi connectivity index (χ0) is 17.7. The number of thioether (sulfide) groups is 1. The maximum absolute atomic E-state index is 12.5. The maximum atomic E-state index is 12.5. The van der Waals surface area contributed by atoms with E-state index >= 15 is 0 Å². The summed E-state index contributed by atoms with van der Waals surface area (Å²) in [5.74, 6) is 0.867. The molecule has 0 fully saturated rings. The Bertz CT molecular complexity index is 719. The van der Waals surface area contributed by atoms with Crippen molar-refractivity contribution in [1.82, 2.24) is 0 Å². The molecule has 6 heteroatoms. The number of aryl methyl sites for hydroxylation is 1. The highest BCUT2D eigenvalue weighted by atomic mass is 35.5. The highest BCUT2D eigenvalue weighted by molar-refractivity contribution is 8.00. The quantitative estimate of drug-likeness (QED) is 0.748. The van der Waals surface area contributed by atoms with Crippen LogP contribution in [0.4, 0.5) is 5.69 Å². The molecule has 0 spiro atoms. The molecule has 128 valence electrons. The van der Waals surface area contributed by atoms with Gasteiger partial charge in [0.15, 0.2) is 0 Å². The molecule has 0 saturated heterocycles. The van der Waals surface area contributed by atoms with Crippen LogP contribution in [0.1, 0.15) is 12.5 Å². The second-order valence-electron chi connectivity index (χ2n) is 5.25. The molecule has 24 heavy (non-hydrogen) atoms. The number of ether oxygens (including phenoxy) is 2. The molecule has 0 heterocycles. The van der Waals surface area contributed by atoms with Crippen molar-refractivity contribution < 1.29 is 14.3 Å². The van der Waals surface area contributed by atoms with E-state index in [1.807, 2.05) is 38.1 Å². The number of nitrogens with one attached hydrogen (secondary N) is 1. The summed E-state index contributed by atoms with van der Waals surface area (Å²) in [7, 11) is 3.06. The second-order valence-corrected chi connectivity index (χ2v) is 7.07. The molecular formula is C18H20ClNO3S. The van der Waals surface area contributed by atoms with Crippen LogP contribution in [-0.2, 0) is 4.79 Å². The number of halogens is 1. The molecular weight excluding hydrogens is 346 g/mol. The average molecular weight is 366 g/mol. The molecule has 1 N–H and O–H groups in total. The number of rotatable bonds is 6. The first-order valence-corrected chi connectivity index (χ1v) is 8.66. The number of methoxy groups -OCH3 is 2. The molecule has 0 bridgehead atoms. The van der Waals surface area contributed by atoms with Gasteiger partial charge < -0.3 is 14.8 Å². The molecule has 0 aliphatic heterocycles. The third kappa shape index (κ3) is 4.58. The van der Waals surface area contributed by atoms with Crippen molar-refractivity contribution in [3.05, 3.63) is 47.0 Å². The van der Waals surface area contributed by atoms with Crippen molar-refractivity contribution in [2.45, 2.75) is 24.0 Å². The number of hydrogen-bond donors (Lipinski definition) is 1. The van der Waals surface area contributed by atoms with Crippen LogP contribution in [0.5, 0.6) is 11.5 Å². The lowest BCUT2D eigenvalue weighted by Crippen LogP contribution is -2.22. The number of carbonyl (C=O) groups is 1. The summed E-state index contributed by atoms with van der Waals surface area (Å²) in [6.07, 6.45) is 0. The first-order valence-electron chi connectivity index (χ1n) is 7.40. The molecule has 0 aliphatic carbocycles. The van der Waals surface area contributed by atoms with Crippen LogP contribution in [0.2, 0.25) is 5.02 Å². The fourth-order valence-electron chi connectivity index (χ4n) is 2.07. The van der Waals surface area contributed by atoms with Gasteiger partial charge >= 0.3 is 0 Å². The first kappa shape index (κ1) is 18.5. The van der Waals surface area contributed by atoms with Gasteiger partial charge in [-0.05, 0) is 32.0 Å². The van der Waals surface area contributed by atoms with Gasteiger partial charge in [0.2, 0.25) is 5.91 Å². The van der Waals surface area contributed by atoms with Gasteiger partial charge in [-0.15, -0.1) is 11.8 Å². The molecule has 2 aromatic rings. The lowest BCUT2D eigenvalue weighted by molar-refractivity contribution is -0.115. The molecule has 1 amide bonds. The normalized spacial score (nSPS) is 11.7. The molecule has 0 saturated carbocycles. The Morgan fingerprint density at radius 1 is 1.12 bits per heavy atom. The van der Waals surface area contributed by atoms with Crippen molar-refractivity contribution in [2.75, 3.05) is 19.5 Å². The van der Waals surface area contributed by atoms with E-state index in [1.165, 1.54) is 31.5 Å². The van der Waals surface area contributed by atoms with Crippen LogP contribution >= 0.6 is 23.4 Å². The fourth-order valence-corrected chi connectivity index (χ4v) is 3.17. The third-order valence-corrected chi connectivity index (χ3v) is 4.84. The fraction of sp³-hybridized carbons (Fsp3) is 0.278. The predicted octanol–water partition coefficient (Wildman–Crippen LogP) is 4.78. The van der Waals surface area contributed by atoms with Crippen molar-refractivity contribution in [1.29, 1.82) is 0 Å². The summed E-state index contributed by atoms with van der Waals surface area (Å²) in [6.45, 7) is 3.89. The van der Waals surface area contributed by atoms with Gasteiger partial charge in [-0.2, -0.15) is 0 Å². The van der Waals surface area contributed by atoms with Crippen LogP contribution in [0, 0.1) is 6.92 Å². The first-order chi connectivity index (χ1) is 11.4. The number of benzene rings is 2. The maximum Gasteiger partial charge on any atom is 0.237 e. The summed E-state index contributed by atoms with van der Waals surface area (Å²) in [5, 5.41) is 3.00. The number of amides is 1. The standard InChI is InChI=1S/C18H20ClNO3S/c1-11-5-7-13(8-6-11)24-12(2)18(21)20-15-9-14(19)16(22-3)10-17(15)23-4/h5-10,12H,1-4H3,(H,20,21)/t12-/m1/s1. The van der Waals surface area contributed by atoms with E-state index < -0.39 is 0 Å². The summed E-state index contributed by atoms with van der Waals surface area (Å²) in [5.41, 5.74) is 1.71. The van der Waals surface area contributed by atoms with E-state index in [0.29, 0.717) is 22.2 Å². The largest absolute Gasteiger partial charge is 0.495 e.